The number of nitrogens with zero attached hydrogens (tertiary/aromatic N) is 3. The van der Waals surface area contributed by atoms with Gasteiger partial charge in [0.05, 0.1) is 22.6 Å². The van der Waals surface area contributed by atoms with Crippen molar-refractivity contribution < 1.29 is 4.79 Å². The number of hydrogen-bond acceptors (Lipinski definition) is 3. The van der Waals surface area contributed by atoms with Crippen LogP contribution in [0.2, 0.25) is 0 Å². The van der Waals surface area contributed by atoms with E-state index in [1.54, 1.807) is 17.1 Å². The molecule has 3 rings (SSSR count). The van der Waals surface area contributed by atoms with Crippen molar-refractivity contribution in [2.75, 3.05) is 0 Å². The van der Waals surface area contributed by atoms with Gasteiger partial charge in [-0.25, -0.2) is 4.68 Å². The SMILES string of the molecule is Cc1nn(-c2ccccc2)c(C)c1C(=O)NCc1cccnc1. The molecule has 0 aliphatic heterocycles. The lowest BCUT2D eigenvalue weighted by Crippen LogP contribution is -2.24. The number of carbonyl (C=O) groups is 1. The lowest BCUT2D eigenvalue weighted by Gasteiger charge is -2.07. The fourth-order valence-electron chi connectivity index (χ4n) is 2.57. The minimum Gasteiger partial charge on any atom is -0.348 e. The van der Waals surface area contributed by atoms with E-state index in [9.17, 15) is 4.79 Å². The van der Waals surface area contributed by atoms with Crippen LogP contribution in [-0.2, 0) is 6.54 Å². The molecule has 2 aromatic heterocycles. The van der Waals surface area contributed by atoms with Gasteiger partial charge < -0.3 is 5.32 Å². The molecule has 5 nitrogen and oxygen atoms in total. The van der Waals surface area contributed by atoms with Gasteiger partial charge in [-0.05, 0) is 37.6 Å². The summed E-state index contributed by atoms with van der Waals surface area (Å²) in [6, 6.07) is 13.6. The molecule has 1 N–H and O–H groups in total. The highest BCUT2D eigenvalue weighted by atomic mass is 16.1. The molecule has 0 radical (unpaired) electrons. The van der Waals surface area contributed by atoms with E-state index in [1.807, 2.05) is 56.3 Å². The third-order valence-corrected chi connectivity index (χ3v) is 3.69. The largest absolute Gasteiger partial charge is 0.348 e. The Balaban J connectivity index is 1.83. The zero-order chi connectivity index (χ0) is 16.2. The summed E-state index contributed by atoms with van der Waals surface area (Å²) in [5, 5.41) is 7.43. The molecule has 0 atom stereocenters. The van der Waals surface area contributed by atoms with Gasteiger partial charge in [-0.1, -0.05) is 24.3 Å². The van der Waals surface area contributed by atoms with E-state index >= 15 is 0 Å². The number of para-hydroxylation sites is 1. The zero-order valence-corrected chi connectivity index (χ0v) is 13.2. The molecule has 0 aliphatic rings. The fraction of sp³-hybridized carbons (Fsp3) is 0.167. The molecule has 0 saturated carbocycles. The van der Waals surface area contributed by atoms with Gasteiger partial charge in [0.25, 0.3) is 5.91 Å². The highest BCUT2D eigenvalue weighted by Gasteiger charge is 2.19. The van der Waals surface area contributed by atoms with Crippen LogP contribution < -0.4 is 5.32 Å². The minimum atomic E-state index is -0.119. The van der Waals surface area contributed by atoms with Crippen molar-refractivity contribution in [1.29, 1.82) is 0 Å². The van der Waals surface area contributed by atoms with Crippen LogP contribution in [0.15, 0.2) is 54.9 Å². The smallest absolute Gasteiger partial charge is 0.255 e. The lowest BCUT2D eigenvalue weighted by atomic mass is 10.1. The first-order chi connectivity index (χ1) is 11.2. The summed E-state index contributed by atoms with van der Waals surface area (Å²) in [6.45, 7) is 4.21. The Labute approximate surface area is 135 Å². The van der Waals surface area contributed by atoms with Crippen molar-refractivity contribution in [3.05, 3.63) is 77.4 Å². The summed E-state index contributed by atoms with van der Waals surface area (Å²) in [5.74, 6) is -0.119. The first-order valence-corrected chi connectivity index (χ1v) is 7.45. The van der Waals surface area contributed by atoms with Crippen molar-refractivity contribution in [1.82, 2.24) is 20.1 Å². The summed E-state index contributed by atoms with van der Waals surface area (Å²) < 4.78 is 1.80. The second-order valence-electron chi connectivity index (χ2n) is 5.34. The van der Waals surface area contributed by atoms with Crippen molar-refractivity contribution in [3.63, 3.8) is 0 Å². The van der Waals surface area contributed by atoms with Crippen LogP contribution in [0.3, 0.4) is 0 Å². The van der Waals surface area contributed by atoms with Crippen molar-refractivity contribution in [2.24, 2.45) is 0 Å². The van der Waals surface area contributed by atoms with E-state index in [1.165, 1.54) is 0 Å². The van der Waals surface area contributed by atoms with Gasteiger partial charge in [0.15, 0.2) is 0 Å². The van der Waals surface area contributed by atoms with Gasteiger partial charge in [0.1, 0.15) is 0 Å². The van der Waals surface area contributed by atoms with Gasteiger partial charge in [-0.2, -0.15) is 5.10 Å². The summed E-state index contributed by atoms with van der Waals surface area (Å²) in [5.41, 5.74) is 4.08. The zero-order valence-electron chi connectivity index (χ0n) is 13.2. The Hall–Kier alpha value is -2.95. The maximum atomic E-state index is 12.5. The van der Waals surface area contributed by atoms with E-state index in [-0.39, 0.29) is 5.91 Å². The molecule has 5 heteroatoms. The quantitative estimate of drug-likeness (QED) is 0.806. The van der Waals surface area contributed by atoms with Crippen LogP contribution in [-0.4, -0.2) is 20.7 Å². The Morgan fingerprint density at radius 2 is 1.91 bits per heavy atom. The van der Waals surface area contributed by atoms with Crippen molar-refractivity contribution in [2.45, 2.75) is 20.4 Å². The summed E-state index contributed by atoms with van der Waals surface area (Å²) in [6.07, 6.45) is 3.46. The summed E-state index contributed by atoms with van der Waals surface area (Å²) in [7, 11) is 0. The highest BCUT2D eigenvalue weighted by molar-refractivity contribution is 5.96. The molecule has 1 amide bonds. The molecular weight excluding hydrogens is 288 g/mol. The molecule has 0 bridgehead atoms. The number of benzene rings is 1. The van der Waals surface area contributed by atoms with Gasteiger partial charge in [0.2, 0.25) is 0 Å². The number of aryl methyl sites for hydroxylation is 1. The maximum Gasteiger partial charge on any atom is 0.255 e. The molecule has 0 spiro atoms. The molecule has 0 aliphatic carbocycles. The Morgan fingerprint density at radius 3 is 2.61 bits per heavy atom. The third-order valence-electron chi connectivity index (χ3n) is 3.69. The number of nitrogens with one attached hydrogen (secondary N) is 1. The van der Waals surface area contributed by atoms with Crippen LogP contribution in [0.5, 0.6) is 0 Å². The fourth-order valence-corrected chi connectivity index (χ4v) is 2.57. The standard InChI is InChI=1S/C18H18N4O/c1-13-17(18(23)20-12-15-7-6-10-19-11-15)14(2)22(21-13)16-8-4-3-5-9-16/h3-11H,12H2,1-2H3,(H,20,23). The highest BCUT2D eigenvalue weighted by Crippen LogP contribution is 2.17. The van der Waals surface area contributed by atoms with Gasteiger partial charge in [0, 0.05) is 18.9 Å². The molecule has 0 unspecified atom stereocenters. The normalized spacial score (nSPS) is 10.5. The summed E-state index contributed by atoms with van der Waals surface area (Å²) >= 11 is 0. The van der Waals surface area contributed by atoms with Crippen molar-refractivity contribution in [3.8, 4) is 5.69 Å². The predicted octanol–water partition coefficient (Wildman–Crippen LogP) is 2.81. The van der Waals surface area contributed by atoms with Crippen LogP contribution in [0.4, 0.5) is 0 Å². The minimum absolute atomic E-state index is 0.119. The Morgan fingerprint density at radius 1 is 1.13 bits per heavy atom. The lowest BCUT2D eigenvalue weighted by molar-refractivity contribution is 0.0949. The molecule has 1 aromatic carbocycles. The average molecular weight is 306 g/mol. The van der Waals surface area contributed by atoms with Crippen molar-refractivity contribution >= 4 is 5.91 Å². The molecule has 116 valence electrons. The van der Waals surface area contributed by atoms with Crippen LogP contribution >= 0.6 is 0 Å². The number of amides is 1. The van der Waals surface area contributed by atoms with Gasteiger partial charge in [-0.15, -0.1) is 0 Å². The number of aromatic nitrogens is 3. The monoisotopic (exact) mass is 306 g/mol. The second-order valence-corrected chi connectivity index (χ2v) is 5.34. The molecule has 0 fully saturated rings. The first kappa shape index (κ1) is 15.0. The van der Waals surface area contributed by atoms with E-state index in [0.29, 0.717) is 12.1 Å². The number of carbonyl (C=O) groups excluding carboxylic acids is 1. The molecular formula is C18H18N4O. The van der Waals surface area contributed by atoms with Gasteiger partial charge in [-0.3, -0.25) is 9.78 Å². The van der Waals surface area contributed by atoms with Crippen LogP contribution in [0.1, 0.15) is 27.3 Å². The topological polar surface area (TPSA) is 59.8 Å². The van der Waals surface area contributed by atoms with Crippen LogP contribution in [0.25, 0.3) is 5.69 Å². The van der Waals surface area contributed by atoms with E-state index in [0.717, 1.165) is 22.6 Å². The third kappa shape index (κ3) is 3.13. The predicted molar refractivity (Wildman–Crippen MR) is 88.4 cm³/mol. The maximum absolute atomic E-state index is 12.5. The average Bonchev–Trinajstić information content (AvgIpc) is 2.89. The first-order valence-electron chi connectivity index (χ1n) is 7.45. The second kappa shape index (κ2) is 6.44. The Bertz CT molecular complexity index is 810. The van der Waals surface area contributed by atoms with E-state index in [2.05, 4.69) is 15.4 Å². The molecule has 0 saturated heterocycles. The summed E-state index contributed by atoms with van der Waals surface area (Å²) in [4.78, 5) is 16.6. The van der Waals surface area contributed by atoms with E-state index in [4.69, 9.17) is 0 Å². The van der Waals surface area contributed by atoms with Crippen LogP contribution in [0, 0.1) is 13.8 Å². The number of pyridine rings is 1. The number of hydrogen-bond donors (Lipinski definition) is 1. The molecule has 2 heterocycles. The molecule has 3 aromatic rings. The molecule has 23 heavy (non-hydrogen) atoms. The Kier molecular flexibility index (Phi) is 4.19. The van der Waals surface area contributed by atoms with Gasteiger partial charge >= 0.3 is 0 Å². The van der Waals surface area contributed by atoms with E-state index < -0.39 is 0 Å². The number of rotatable bonds is 4.